The molecule has 0 heterocycles. The van der Waals surface area contributed by atoms with Gasteiger partial charge in [0.25, 0.3) is 0 Å². The minimum Gasteiger partial charge on any atom is -0.465 e. The van der Waals surface area contributed by atoms with E-state index in [2.05, 4.69) is 9.88 Å². The second-order valence-electron chi connectivity index (χ2n) is 2.80. The molecule has 1 aromatic carbocycles. The maximum absolute atomic E-state index is 13.5. The largest absolute Gasteiger partial charge is 0.465 e. The Morgan fingerprint density at radius 3 is 2.38 bits per heavy atom. The molecule has 1 rings (SSSR count). The Morgan fingerprint density at radius 2 is 1.94 bits per heavy atom. The van der Waals surface area contributed by atoms with E-state index in [4.69, 9.17) is 0 Å². The van der Waals surface area contributed by atoms with E-state index in [0.29, 0.717) is 12.1 Å². The first-order valence-electron chi connectivity index (χ1n) is 3.87. The van der Waals surface area contributed by atoms with Crippen molar-refractivity contribution in [1.29, 1.82) is 0 Å². The number of methoxy groups -OCH3 is 1. The zero-order valence-electron chi connectivity index (χ0n) is 8.03. The van der Waals surface area contributed by atoms with Gasteiger partial charge in [-0.25, -0.2) is 27.1 Å². The van der Waals surface area contributed by atoms with Crippen LogP contribution in [0.2, 0.25) is 0 Å². The van der Waals surface area contributed by atoms with Gasteiger partial charge in [-0.15, -0.1) is 0 Å². The molecule has 2 N–H and O–H groups in total. The van der Waals surface area contributed by atoms with Gasteiger partial charge in [0.2, 0.25) is 10.0 Å². The third-order valence-corrected chi connectivity index (χ3v) is 2.63. The van der Waals surface area contributed by atoms with Crippen molar-refractivity contribution in [3.05, 3.63) is 29.3 Å². The molecule has 0 saturated heterocycles. The molecule has 0 bridgehead atoms. The summed E-state index contributed by atoms with van der Waals surface area (Å²) < 4.78 is 52.3. The van der Waals surface area contributed by atoms with Crippen molar-refractivity contribution in [1.82, 2.24) is 0 Å². The fraction of sp³-hybridized carbons (Fsp3) is 0.125. The van der Waals surface area contributed by atoms with Crippen LogP contribution in [0.15, 0.2) is 17.0 Å². The third-order valence-electron chi connectivity index (χ3n) is 1.72. The number of nitrogens with two attached hydrogens (primary N) is 1. The lowest BCUT2D eigenvalue weighted by molar-refractivity contribution is 0.0594. The lowest BCUT2D eigenvalue weighted by Gasteiger charge is -2.05. The van der Waals surface area contributed by atoms with Crippen LogP contribution in [0.4, 0.5) is 8.78 Å². The molecule has 5 nitrogen and oxygen atoms in total. The Balaban J connectivity index is 3.56. The number of benzene rings is 1. The van der Waals surface area contributed by atoms with Crippen LogP contribution in [-0.4, -0.2) is 21.5 Å². The van der Waals surface area contributed by atoms with E-state index >= 15 is 0 Å². The van der Waals surface area contributed by atoms with Gasteiger partial charge in [-0.05, 0) is 12.1 Å². The maximum Gasteiger partial charge on any atom is 0.340 e. The molecule has 0 amide bonds. The average molecular weight is 251 g/mol. The summed E-state index contributed by atoms with van der Waals surface area (Å²) in [5, 5.41) is 4.65. The number of carbonyl (C=O) groups excluding carboxylic acids is 1. The number of sulfonamides is 1. The first-order valence-corrected chi connectivity index (χ1v) is 5.42. The van der Waals surface area contributed by atoms with Gasteiger partial charge in [0, 0.05) is 0 Å². The number of rotatable bonds is 2. The number of hydrogen-bond acceptors (Lipinski definition) is 4. The fourth-order valence-corrected chi connectivity index (χ4v) is 1.67. The van der Waals surface area contributed by atoms with Crippen LogP contribution in [0.1, 0.15) is 10.4 Å². The Hall–Kier alpha value is -1.54. The highest BCUT2D eigenvalue weighted by atomic mass is 32.2. The summed E-state index contributed by atoms with van der Waals surface area (Å²) in [6.45, 7) is 0. The third kappa shape index (κ3) is 2.34. The predicted molar refractivity (Wildman–Crippen MR) is 49.1 cm³/mol. The molecular weight excluding hydrogens is 244 g/mol. The zero-order valence-corrected chi connectivity index (χ0v) is 8.85. The highest BCUT2D eigenvalue weighted by Gasteiger charge is 2.23. The average Bonchev–Trinajstić information content (AvgIpc) is 2.18. The van der Waals surface area contributed by atoms with Crippen LogP contribution in [0.3, 0.4) is 0 Å². The molecule has 0 aromatic heterocycles. The minimum atomic E-state index is -4.44. The second kappa shape index (κ2) is 4.14. The molecule has 0 aliphatic carbocycles. The monoisotopic (exact) mass is 251 g/mol. The van der Waals surface area contributed by atoms with Gasteiger partial charge in [-0.3, -0.25) is 0 Å². The molecule has 1 aromatic rings. The molecule has 0 spiro atoms. The van der Waals surface area contributed by atoms with Crippen LogP contribution >= 0.6 is 0 Å². The van der Waals surface area contributed by atoms with E-state index in [1.165, 1.54) is 0 Å². The quantitative estimate of drug-likeness (QED) is 0.771. The highest BCUT2D eigenvalue weighted by molar-refractivity contribution is 7.89. The molecule has 0 saturated carbocycles. The van der Waals surface area contributed by atoms with Gasteiger partial charge < -0.3 is 4.74 Å². The molecule has 88 valence electrons. The normalized spacial score (nSPS) is 11.2. The Bertz CT molecular complexity index is 541. The van der Waals surface area contributed by atoms with Crippen molar-refractivity contribution in [2.24, 2.45) is 5.14 Å². The van der Waals surface area contributed by atoms with Gasteiger partial charge in [0.15, 0.2) is 5.82 Å². The number of carbonyl (C=O) groups is 1. The van der Waals surface area contributed by atoms with Crippen molar-refractivity contribution < 1.29 is 26.7 Å². The van der Waals surface area contributed by atoms with Crippen molar-refractivity contribution in [3.8, 4) is 0 Å². The number of hydrogen-bond donors (Lipinski definition) is 1. The van der Waals surface area contributed by atoms with Crippen molar-refractivity contribution in [2.75, 3.05) is 7.11 Å². The topological polar surface area (TPSA) is 86.5 Å². The first-order chi connectivity index (χ1) is 7.27. The van der Waals surface area contributed by atoms with Gasteiger partial charge in [-0.2, -0.15) is 0 Å². The van der Waals surface area contributed by atoms with E-state index in [9.17, 15) is 22.0 Å². The zero-order chi connectivity index (χ0) is 12.5. The SMILES string of the molecule is COC(=O)c1cc(F)cc(S(N)(=O)=O)c1F. The molecule has 0 aliphatic rings. The fourth-order valence-electron chi connectivity index (χ4n) is 1.03. The highest BCUT2D eigenvalue weighted by Crippen LogP contribution is 2.19. The Kier molecular flexibility index (Phi) is 3.24. The van der Waals surface area contributed by atoms with Gasteiger partial charge in [-0.1, -0.05) is 0 Å². The standard InChI is InChI=1S/C8H7F2NO4S/c1-15-8(12)5-2-4(9)3-6(7(5)10)16(11,13)14/h2-3H,1H3,(H2,11,13,14). The molecule has 0 aliphatic heterocycles. The Labute approximate surface area is 89.9 Å². The number of primary sulfonamides is 1. The summed E-state index contributed by atoms with van der Waals surface area (Å²) in [6.07, 6.45) is 0. The number of ether oxygens (including phenoxy) is 1. The van der Waals surface area contributed by atoms with Gasteiger partial charge in [0.05, 0.1) is 12.7 Å². The summed E-state index contributed by atoms with van der Waals surface area (Å²) >= 11 is 0. The summed E-state index contributed by atoms with van der Waals surface area (Å²) in [7, 11) is -3.50. The Morgan fingerprint density at radius 1 is 1.38 bits per heavy atom. The lowest BCUT2D eigenvalue weighted by Crippen LogP contribution is -2.17. The van der Waals surface area contributed by atoms with E-state index in [1.807, 2.05) is 0 Å². The molecule has 8 heteroatoms. The predicted octanol–water partition coefficient (Wildman–Crippen LogP) is 0.399. The van der Waals surface area contributed by atoms with E-state index in [1.54, 1.807) is 0 Å². The van der Waals surface area contributed by atoms with Crippen LogP contribution in [-0.2, 0) is 14.8 Å². The first kappa shape index (κ1) is 12.5. The summed E-state index contributed by atoms with van der Waals surface area (Å²) in [5.41, 5.74) is -0.827. The molecule has 0 unspecified atom stereocenters. The van der Waals surface area contributed by atoms with Gasteiger partial charge in [0.1, 0.15) is 10.7 Å². The molecule has 0 fully saturated rings. The molecule has 0 radical (unpaired) electrons. The molecule has 0 atom stereocenters. The molecule has 16 heavy (non-hydrogen) atoms. The maximum atomic E-state index is 13.5. The van der Waals surface area contributed by atoms with Crippen molar-refractivity contribution >= 4 is 16.0 Å². The van der Waals surface area contributed by atoms with Gasteiger partial charge >= 0.3 is 5.97 Å². The summed E-state index contributed by atoms with van der Waals surface area (Å²) in [5.74, 6) is -3.73. The smallest absolute Gasteiger partial charge is 0.340 e. The minimum absolute atomic E-state index is 0.386. The number of esters is 1. The van der Waals surface area contributed by atoms with E-state index in [-0.39, 0.29) is 0 Å². The summed E-state index contributed by atoms with van der Waals surface area (Å²) in [4.78, 5) is 9.91. The molecular formula is C8H7F2NO4S. The van der Waals surface area contributed by atoms with Crippen LogP contribution in [0.5, 0.6) is 0 Å². The van der Waals surface area contributed by atoms with Crippen LogP contribution in [0.25, 0.3) is 0 Å². The summed E-state index contributed by atoms with van der Waals surface area (Å²) in [6, 6.07) is 0.910. The van der Waals surface area contributed by atoms with E-state index < -0.39 is 38.1 Å². The van der Waals surface area contributed by atoms with E-state index in [0.717, 1.165) is 7.11 Å². The second-order valence-corrected chi connectivity index (χ2v) is 4.33. The number of halogens is 2. The lowest BCUT2D eigenvalue weighted by atomic mass is 10.2. The van der Waals surface area contributed by atoms with Crippen LogP contribution in [0, 0.1) is 11.6 Å². The van der Waals surface area contributed by atoms with Crippen molar-refractivity contribution in [2.45, 2.75) is 4.90 Å². The van der Waals surface area contributed by atoms with Crippen molar-refractivity contribution in [3.63, 3.8) is 0 Å². The van der Waals surface area contributed by atoms with Crippen LogP contribution < -0.4 is 5.14 Å².